The van der Waals surface area contributed by atoms with Crippen LogP contribution in [0.5, 0.6) is 0 Å². The van der Waals surface area contributed by atoms with Crippen molar-refractivity contribution in [1.82, 2.24) is 4.90 Å². The van der Waals surface area contributed by atoms with Crippen LogP contribution in [-0.2, 0) is 10.3 Å². The molecule has 0 fully saturated rings. The highest BCUT2D eigenvalue weighted by atomic mass is 19.1. The minimum Gasteiger partial charge on any atom is -0.497 e. The Bertz CT molecular complexity index is 886. The number of benzene rings is 1. The van der Waals surface area contributed by atoms with E-state index in [0.717, 1.165) is 6.07 Å². The summed E-state index contributed by atoms with van der Waals surface area (Å²) in [4.78, 5) is 6.42. The number of halogens is 2. The van der Waals surface area contributed by atoms with Gasteiger partial charge in [0.2, 0.25) is 0 Å². The molecule has 150 valence electrons. The van der Waals surface area contributed by atoms with Crippen molar-refractivity contribution in [2.45, 2.75) is 26.3 Å². The minimum absolute atomic E-state index is 0.209. The summed E-state index contributed by atoms with van der Waals surface area (Å²) in [5.41, 5.74) is 6.46. The average Bonchev–Trinajstić information content (AvgIpc) is 2.66. The zero-order valence-corrected chi connectivity index (χ0v) is 16.9. The van der Waals surface area contributed by atoms with Crippen molar-refractivity contribution in [3.63, 3.8) is 0 Å². The van der Waals surface area contributed by atoms with Crippen LogP contribution in [0.25, 0.3) is 5.57 Å². The van der Waals surface area contributed by atoms with Gasteiger partial charge in [0.1, 0.15) is 28.8 Å². The molecule has 1 atom stereocenters. The van der Waals surface area contributed by atoms with Crippen molar-refractivity contribution >= 4 is 11.4 Å². The highest BCUT2D eigenvalue weighted by Crippen LogP contribution is 2.40. The molecule has 28 heavy (non-hydrogen) atoms. The molecule has 1 unspecified atom stereocenters. The third-order valence-corrected chi connectivity index (χ3v) is 4.98. The molecular formula is C22H27F2N3O. The number of nitrogens with two attached hydrogens (primary N) is 1. The van der Waals surface area contributed by atoms with E-state index in [4.69, 9.17) is 10.5 Å². The molecule has 0 bridgehead atoms. The number of hydrogen-bond donors (Lipinski definition) is 1. The lowest BCUT2D eigenvalue weighted by molar-refractivity contribution is 0.307. The van der Waals surface area contributed by atoms with Crippen LogP contribution in [0.3, 0.4) is 0 Å². The lowest BCUT2D eigenvalue weighted by atomic mass is 9.85. The Kier molecular flexibility index (Phi) is 6.44. The van der Waals surface area contributed by atoms with Crippen LogP contribution in [0.4, 0.5) is 8.78 Å². The first kappa shape index (κ1) is 21.4. The molecule has 1 aromatic carbocycles. The Balaban J connectivity index is 2.69. The van der Waals surface area contributed by atoms with E-state index in [0.29, 0.717) is 36.0 Å². The molecule has 0 aromatic heterocycles. The number of rotatable bonds is 6. The fraction of sp³-hybridized carbons (Fsp3) is 0.318. The molecule has 4 nitrogen and oxygen atoms in total. The number of allylic oxidation sites excluding steroid dienone is 4. The topological polar surface area (TPSA) is 50.8 Å². The Hall–Kier alpha value is -2.89. The molecule has 1 aliphatic rings. The number of likely N-dealkylation sites (N-methyl/N-ethyl adjacent to an activating group) is 1. The molecule has 0 amide bonds. The monoisotopic (exact) mass is 387 g/mol. The maximum Gasteiger partial charge on any atom is 0.133 e. The van der Waals surface area contributed by atoms with Gasteiger partial charge in [-0.05, 0) is 44.6 Å². The van der Waals surface area contributed by atoms with Crippen molar-refractivity contribution in [3.05, 3.63) is 77.7 Å². The predicted molar refractivity (Wildman–Crippen MR) is 111 cm³/mol. The summed E-state index contributed by atoms with van der Waals surface area (Å²) in [5.74, 6) is -0.540. The molecular weight excluding hydrogens is 360 g/mol. The van der Waals surface area contributed by atoms with Gasteiger partial charge in [-0.3, -0.25) is 4.99 Å². The molecule has 1 heterocycles. The fourth-order valence-corrected chi connectivity index (χ4v) is 3.32. The maximum atomic E-state index is 14.9. The molecule has 2 N–H and O–H groups in total. The number of aliphatic imine (C=N–C) groups is 1. The van der Waals surface area contributed by atoms with E-state index in [1.165, 1.54) is 19.3 Å². The van der Waals surface area contributed by atoms with Crippen LogP contribution in [-0.4, -0.2) is 30.9 Å². The number of nitrogens with zero attached hydrogens (tertiary/aromatic N) is 2. The molecule has 0 radical (unpaired) electrons. The van der Waals surface area contributed by atoms with E-state index in [-0.39, 0.29) is 11.1 Å². The summed E-state index contributed by atoms with van der Waals surface area (Å²) in [6, 6.07) is 2.34. The van der Waals surface area contributed by atoms with Crippen LogP contribution in [0.1, 0.15) is 31.9 Å². The maximum absolute atomic E-state index is 14.9. The van der Waals surface area contributed by atoms with Crippen molar-refractivity contribution in [1.29, 1.82) is 0 Å². The van der Waals surface area contributed by atoms with Crippen molar-refractivity contribution < 1.29 is 13.5 Å². The SMILES string of the molecule is C=C/C(=C\C(=C/C)c1cc(C2(C)N=C(N)CN(CC)C2=C)c(F)cc1F)OC. The Morgan fingerprint density at radius 2 is 2.07 bits per heavy atom. The molecule has 1 aromatic rings. The molecule has 2 rings (SSSR count). The van der Waals surface area contributed by atoms with Crippen LogP contribution in [0, 0.1) is 11.6 Å². The first-order valence-electron chi connectivity index (χ1n) is 9.04. The average molecular weight is 387 g/mol. The summed E-state index contributed by atoms with van der Waals surface area (Å²) in [5, 5.41) is 0. The van der Waals surface area contributed by atoms with Gasteiger partial charge in [-0.2, -0.15) is 0 Å². The summed E-state index contributed by atoms with van der Waals surface area (Å²) in [6.07, 6.45) is 4.87. The third-order valence-electron chi connectivity index (χ3n) is 4.98. The summed E-state index contributed by atoms with van der Waals surface area (Å²) < 4.78 is 34.7. The van der Waals surface area contributed by atoms with Crippen molar-refractivity contribution in [2.75, 3.05) is 20.2 Å². The highest BCUT2D eigenvalue weighted by molar-refractivity contribution is 5.85. The van der Waals surface area contributed by atoms with Gasteiger partial charge < -0.3 is 15.4 Å². The summed E-state index contributed by atoms with van der Waals surface area (Å²) in [7, 11) is 1.50. The van der Waals surface area contributed by atoms with Crippen LogP contribution in [0.2, 0.25) is 0 Å². The molecule has 0 saturated carbocycles. The standard InChI is InChI=1S/C22H27F2N3O/c1-7-15(10-16(8-2)28-6)17-11-18(20(24)12-19(17)23)22(5)14(4)27(9-3)13-21(25)26-22/h7-8,10-12H,2,4,9,13H2,1,3,5-6H3,(H2,25,26)/b15-7+,16-10+. The van der Waals surface area contributed by atoms with E-state index in [9.17, 15) is 8.78 Å². The fourth-order valence-electron chi connectivity index (χ4n) is 3.32. The van der Waals surface area contributed by atoms with Gasteiger partial charge in [0.15, 0.2) is 0 Å². The first-order chi connectivity index (χ1) is 13.2. The quantitative estimate of drug-likeness (QED) is 0.577. The second-order valence-corrected chi connectivity index (χ2v) is 6.65. The van der Waals surface area contributed by atoms with Gasteiger partial charge in [-0.15, -0.1) is 0 Å². The van der Waals surface area contributed by atoms with E-state index in [1.54, 1.807) is 26.0 Å². The van der Waals surface area contributed by atoms with E-state index >= 15 is 0 Å². The van der Waals surface area contributed by atoms with Gasteiger partial charge in [0.25, 0.3) is 0 Å². The van der Waals surface area contributed by atoms with Crippen LogP contribution < -0.4 is 5.73 Å². The van der Waals surface area contributed by atoms with E-state index in [2.05, 4.69) is 18.2 Å². The van der Waals surface area contributed by atoms with Crippen LogP contribution in [0.15, 0.2) is 60.0 Å². The zero-order chi connectivity index (χ0) is 21.1. The summed E-state index contributed by atoms with van der Waals surface area (Å²) >= 11 is 0. The number of hydrogen-bond acceptors (Lipinski definition) is 4. The second kappa shape index (κ2) is 8.42. The van der Waals surface area contributed by atoms with E-state index in [1.807, 2.05) is 11.8 Å². The third kappa shape index (κ3) is 3.86. The van der Waals surface area contributed by atoms with Crippen molar-refractivity contribution in [2.24, 2.45) is 10.7 Å². The molecule has 6 heteroatoms. The van der Waals surface area contributed by atoms with Gasteiger partial charge in [0.05, 0.1) is 13.7 Å². The largest absolute Gasteiger partial charge is 0.497 e. The smallest absolute Gasteiger partial charge is 0.133 e. The van der Waals surface area contributed by atoms with E-state index < -0.39 is 17.2 Å². The highest BCUT2D eigenvalue weighted by Gasteiger charge is 2.39. The number of amidine groups is 1. The molecule has 0 spiro atoms. The van der Waals surface area contributed by atoms with Gasteiger partial charge >= 0.3 is 0 Å². The first-order valence-corrected chi connectivity index (χ1v) is 9.04. The predicted octanol–water partition coefficient (Wildman–Crippen LogP) is 4.51. The summed E-state index contributed by atoms with van der Waals surface area (Å²) in [6.45, 7) is 14.3. The minimum atomic E-state index is -1.13. The van der Waals surface area contributed by atoms with Crippen molar-refractivity contribution in [3.8, 4) is 0 Å². The number of methoxy groups -OCH3 is 1. The zero-order valence-electron chi connectivity index (χ0n) is 16.9. The lowest BCUT2D eigenvalue weighted by Gasteiger charge is -2.40. The Morgan fingerprint density at radius 1 is 1.39 bits per heavy atom. The Labute approximate surface area is 165 Å². The number of ether oxygens (including phenoxy) is 1. The van der Waals surface area contributed by atoms with Gasteiger partial charge in [-0.1, -0.05) is 19.2 Å². The van der Waals surface area contributed by atoms with Crippen LogP contribution >= 0.6 is 0 Å². The molecule has 0 aliphatic carbocycles. The normalized spacial score (nSPS) is 20.9. The van der Waals surface area contributed by atoms with Gasteiger partial charge in [-0.25, -0.2) is 8.78 Å². The Morgan fingerprint density at radius 3 is 2.61 bits per heavy atom. The second-order valence-electron chi connectivity index (χ2n) is 6.65. The lowest BCUT2D eigenvalue weighted by Crippen LogP contribution is -2.46. The van der Waals surface area contributed by atoms with Gasteiger partial charge in [0, 0.05) is 29.4 Å². The molecule has 0 saturated heterocycles. The molecule has 1 aliphatic heterocycles.